The molecule has 54 valence electrons. The third-order valence-corrected chi connectivity index (χ3v) is 1.36. The molecule has 0 radical (unpaired) electrons. The van der Waals surface area contributed by atoms with Crippen molar-refractivity contribution in [3.63, 3.8) is 0 Å². The molecule has 11 heavy (non-hydrogen) atoms. The Morgan fingerprint density at radius 3 is 2.18 bits per heavy atom. The minimum absolute atomic E-state index is 0. The second-order valence-corrected chi connectivity index (χ2v) is 2.02. The zero-order chi connectivity index (χ0) is 7.40. The molecule has 0 aliphatic heterocycles. The summed E-state index contributed by atoms with van der Waals surface area (Å²) >= 11 is 0. The van der Waals surface area contributed by atoms with Crippen LogP contribution in [0.2, 0.25) is 0 Å². The van der Waals surface area contributed by atoms with Crippen LogP contribution in [0.1, 0.15) is 5.56 Å². The van der Waals surface area contributed by atoms with E-state index in [1.165, 1.54) is 0 Å². The van der Waals surface area contributed by atoms with Crippen LogP contribution in [0.5, 0.6) is 5.75 Å². The van der Waals surface area contributed by atoms with E-state index in [9.17, 15) is 0 Å². The fraction of sp³-hybridized carbons (Fsp3) is 0.250. The summed E-state index contributed by atoms with van der Waals surface area (Å²) in [6.45, 7) is 0.337. The number of nitrogens with one attached hydrogen (secondary N) is 1. The number of rotatable bonds is 2. The van der Waals surface area contributed by atoms with Crippen molar-refractivity contribution < 1.29 is 56.1 Å². The quantitative estimate of drug-likeness (QED) is 0.545. The van der Waals surface area contributed by atoms with Gasteiger partial charge in [-0.15, -0.1) is 6.54 Å². The van der Waals surface area contributed by atoms with Crippen LogP contribution in [-0.4, -0.2) is 7.11 Å². The topological polar surface area (TPSA) is 33.0 Å². The largest absolute Gasteiger partial charge is 1.00 e. The predicted octanol–water partition coefficient (Wildman–Crippen LogP) is -0.749. The molecule has 0 atom stereocenters. The van der Waals surface area contributed by atoms with E-state index >= 15 is 0 Å². The summed E-state index contributed by atoms with van der Waals surface area (Å²) in [7, 11) is 1.63. The standard InChI is InChI=1S/C8H10NO.K/c1-10-8-4-2-7(6-9)3-5-8;/h2-5,9H,6H2,1H3;/q-1;+1. The smallest absolute Gasteiger partial charge is 0.674 e. The van der Waals surface area contributed by atoms with Gasteiger partial charge in [0.05, 0.1) is 7.11 Å². The molecule has 0 saturated carbocycles. The fourth-order valence-electron chi connectivity index (χ4n) is 0.743. The van der Waals surface area contributed by atoms with Gasteiger partial charge in [-0.3, -0.25) is 0 Å². The molecule has 0 amide bonds. The van der Waals surface area contributed by atoms with Crippen molar-refractivity contribution >= 4 is 0 Å². The summed E-state index contributed by atoms with van der Waals surface area (Å²) in [6.07, 6.45) is 0. The second-order valence-electron chi connectivity index (χ2n) is 2.02. The third kappa shape index (κ3) is 3.69. The van der Waals surface area contributed by atoms with Crippen LogP contribution < -0.4 is 56.1 Å². The molecule has 0 aliphatic carbocycles. The van der Waals surface area contributed by atoms with E-state index in [0.29, 0.717) is 6.54 Å². The Kier molecular flexibility index (Phi) is 6.51. The number of methoxy groups -OCH3 is 1. The van der Waals surface area contributed by atoms with Crippen LogP contribution in [0.25, 0.3) is 5.73 Å². The van der Waals surface area contributed by atoms with Crippen LogP contribution >= 0.6 is 0 Å². The maximum atomic E-state index is 7.03. The molecular weight excluding hydrogens is 165 g/mol. The Labute approximate surface area is 110 Å². The fourth-order valence-corrected chi connectivity index (χ4v) is 0.743. The molecule has 0 aliphatic rings. The van der Waals surface area contributed by atoms with Crippen LogP contribution in [-0.2, 0) is 6.54 Å². The van der Waals surface area contributed by atoms with Gasteiger partial charge in [-0.05, 0) is 12.1 Å². The van der Waals surface area contributed by atoms with Gasteiger partial charge in [0.1, 0.15) is 5.75 Å². The second kappa shape index (κ2) is 6.17. The van der Waals surface area contributed by atoms with Gasteiger partial charge in [-0.2, -0.15) is 0 Å². The van der Waals surface area contributed by atoms with Crippen LogP contribution in [0, 0.1) is 0 Å². The summed E-state index contributed by atoms with van der Waals surface area (Å²) in [4.78, 5) is 0. The molecule has 1 aromatic rings. The summed E-state index contributed by atoms with van der Waals surface area (Å²) < 4.78 is 4.95. The maximum absolute atomic E-state index is 7.03. The minimum Gasteiger partial charge on any atom is -0.674 e. The molecule has 0 spiro atoms. The van der Waals surface area contributed by atoms with Gasteiger partial charge in [0, 0.05) is 0 Å². The average molecular weight is 175 g/mol. The first-order valence-corrected chi connectivity index (χ1v) is 3.14. The van der Waals surface area contributed by atoms with Crippen LogP contribution in [0.15, 0.2) is 24.3 Å². The zero-order valence-corrected chi connectivity index (χ0v) is 10.0. The van der Waals surface area contributed by atoms with E-state index in [-0.39, 0.29) is 51.4 Å². The van der Waals surface area contributed by atoms with Gasteiger partial charge >= 0.3 is 51.4 Å². The zero-order valence-electron chi connectivity index (χ0n) is 6.92. The van der Waals surface area contributed by atoms with E-state index in [0.717, 1.165) is 11.3 Å². The number of ether oxygens (including phenoxy) is 1. The van der Waals surface area contributed by atoms with Crippen molar-refractivity contribution in [1.29, 1.82) is 0 Å². The Bertz CT molecular complexity index is 175. The van der Waals surface area contributed by atoms with Gasteiger partial charge in [0.25, 0.3) is 0 Å². The van der Waals surface area contributed by atoms with Gasteiger partial charge in [0.2, 0.25) is 0 Å². The van der Waals surface area contributed by atoms with Gasteiger partial charge < -0.3 is 10.5 Å². The van der Waals surface area contributed by atoms with E-state index < -0.39 is 0 Å². The first-order valence-electron chi connectivity index (χ1n) is 3.14. The molecular formula is C8H10KNO. The van der Waals surface area contributed by atoms with E-state index in [1.54, 1.807) is 7.11 Å². The van der Waals surface area contributed by atoms with Crippen molar-refractivity contribution in [3.05, 3.63) is 35.6 Å². The Balaban J connectivity index is 0.000001000. The average Bonchev–Trinajstić information content (AvgIpc) is 2.05. The summed E-state index contributed by atoms with van der Waals surface area (Å²) in [5, 5.41) is 0. The monoisotopic (exact) mass is 175 g/mol. The molecule has 0 saturated heterocycles. The number of benzene rings is 1. The van der Waals surface area contributed by atoms with Crippen molar-refractivity contribution in [3.8, 4) is 5.75 Å². The SMILES string of the molecule is COc1ccc(C[NH-])cc1.[K+]. The number of hydrogen-bond donors (Lipinski definition) is 0. The Morgan fingerprint density at radius 1 is 1.27 bits per heavy atom. The molecule has 2 nitrogen and oxygen atoms in total. The number of hydrogen-bond acceptors (Lipinski definition) is 1. The van der Waals surface area contributed by atoms with Crippen molar-refractivity contribution in [1.82, 2.24) is 0 Å². The molecule has 1 N–H and O–H groups in total. The van der Waals surface area contributed by atoms with Crippen molar-refractivity contribution in [2.24, 2.45) is 0 Å². The van der Waals surface area contributed by atoms with Gasteiger partial charge in [0.15, 0.2) is 0 Å². The third-order valence-electron chi connectivity index (χ3n) is 1.36. The van der Waals surface area contributed by atoms with E-state index in [4.69, 9.17) is 10.5 Å². The summed E-state index contributed by atoms with van der Waals surface area (Å²) in [5.41, 5.74) is 8.05. The molecule has 0 aromatic heterocycles. The Hall–Kier alpha value is 0.616. The normalized spacial score (nSPS) is 8.55. The molecule has 0 heterocycles. The molecule has 3 heteroatoms. The first-order chi connectivity index (χ1) is 4.86. The summed E-state index contributed by atoms with van der Waals surface area (Å²) in [5.74, 6) is 0.845. The molecule has 1 aromatic carbocycles. The van der Waals surface area contributed by atoms with Crippen molar-refractivity contribution in [2.75, 3.05) is 7.11 Å². The molecule has 0 bridgehead atoms. The Morgan fingerprint density at radius 2 is 1.82 bits per heavy atom. The van der Waals surface area contributed by atoms with E-state index in [2.05, 4.69) is 0 Å². The predicted molar refractivity (Wildman–Crippen MR) is 41.0 cm³/mol. The van der Waals surface area contributed by atoms with Crippen LogP contribution in [0.3, 0.4) is 0 Å². The van der Waals surface area contributed by atoms with Crippen molar-refractivity contribution in [2.45, 2.75) is 6.54 Å². The summed E-state index contributed by atoms with van der Waals surface area (Å²) in [6, 6.07) is 7.52. The van der Waals surface area contributed by atoms with E-state index in [1.807, 2.05) is 24.3 Å². The first kappa shape index (κ1) is 11.6. The van der Waals surface area contributed by atoms with Gasteiger partial charge in [-0.1, -0.05) is 17.7 Å². The van der Waals surface area contributed by atoms with Crippen LogP contribution in [0.4, 0.5) is 0 Å². The molecule has 0 fully saturated rings. The molecule has 1 rings (SSSR count). The van der Waals surface area contributed by atoms with Gasteiger partial charge in [-0.25, -0.2) is 0 Å². The molecule has 0 unspecified atom stereocenters. The maximum Gasteiger partial charge on any atom is 1.00 e. The minimum atomic E-state index is 0.